The first-order chi connectivity index (χ1) is 18.3. The summed E-state index contributed by atoms with van der Waals surface area (Å²) < 4.78 is 0. The van der Waals surface area contributed by atoms with Gasteiger partial charge in [0, 0.05) is 5.56 Å². The molecule has 0 aliphatic carbocycles. The second-order valence-electron chi connectivity index (χ2n) is 9.95. The molecule has 0 saturated carbocycles. The SMILES string of the molecule is Br.CCCCCCCC/C=C\CCCCCCC(S)N1C(c2ccccc2)=NN(CC)N1c1ccccc1. The van der Waals surface area contributed by atoms with E-state index in [1.54, 1.807) is 0 Å². The van der Waals surface area contributed by atoms with Gasteiger partial charge in [-0.15, -0.1) is 22.1 Å². The van der Waals surface area contributed by atoms with Gasteiger partial charge in [-0.2, -0.15) is 22.9 Å². The number of hydrazine groups is 2. The molecule has 0 fully saturated rings. The van der Waals surface area contributed by atoms with Crippen LogP contribution in [0.3, 0.4) is 0 Å². The molecule has 2 aromatic rings. The van der Waals surface area contributed by atoms with Crippen molar-refractivity contribution in [1.29, 1.82) is 0 Å². The smallest absolute Gasteiger partial charge is 0.179 e. The Kier molecular flexibility index (Phi) is 16.3. The van der Waals surface area contributed by atoms with Crippen LogP contribution in [0.15, 0.2) is 77.9 Å². The van der Waals surface area contributed by atoms with E-state index in [2.05, 4.69) is 96.8 Å². The predicted octanol–water partition coefficient (Wildman–Crippen LogP) is 9.80. The number of anilines is 1. The van der Waals surface area contributed by atoms with E-state index in [-0.39, 0.29) is 22.4 Å². The van der Waals surface area contributed by atoms with Crippen molar-refractivity contribution in [3.05, 3.63) is 78.4 Å². The van der Waals surface area contributed by atoms with Crippen molar-refractivity contribution in [2.75, 3.05) is 11.7 Å². The van der Waals surface area contributed by atoms with Crippen molar-refractivity contribution in [2.45, 2.75) is 103 Å². The second kappa shape index (κ2) is 19.2. The summed E-state index contributed by atoms with van der Waals surface area (Å²) in [7, 11) is 0. The maximum Gasteiger partial charge on any atom is 0.179 e. The summed E-state index contributed by atoms with van der Waals surface area (Å²) in [4.78, 5) is 0. The highest BCUT2D eigenvalue weighted by atomic mass is 79.9. The van der Waals surface area contributed by atoms with Gasteiger partial charge in [0.25, 0.3) is 0 Å². The van der Waals surface area contributed by atoms with Crippen molar-refractivity contribution < 1.29 is 0 Å². The highest BCUT2D eigenvalue weighted by Crippen LogP contribution is 2.31. The van der Waals surface area contributed by atoms with E-state index >= 15 is 0 Å². The fraction of sp³-hybridized carbons (Fsp3) is 0.531. The summed E-state index contributed by atoms with van der Waals surface area (Å²) in [5, 5.41) is 11.5. The fourth-order valence-corrected chi connectivity index (χ4v) is 5.20. The summed E-state index contributed by atoms with van der Waals surface area (Å²) in [6.07, 6.45) is 21.5. The van der Waals surface area contributed by atoms with Gasteiger partial charge in [0.05, 0.1) is 17.6 Å². The number of allylic oxidation sites excluding steroid dienone is 2. The number of halogens is 1. The molecule has 4 nitrogen and oxygen atoms in total. The Balaban J connectivity index is 0.00000507. The minimum absolute atomic E-state index is 0. The Bertz CT molecular complexity index is 922. The van der Waals surface area contributed by atoms with Crippen molar-refractivity contribution in [3.63, 3.8) is 0 Å². The first kappa shape index (κ1) is 32.3. The molecular formula is C32H49BrN4S. The van der Waals surface area contributed by atoms with Crippen LogP contribution in [0.5, 0.6) is 0 Å². The molecule has 1 aliphatic heterocycles. The average Bonchev–Trinajstić information content (AvgIpc) is 3.34. The monoisotopic (exact) mass is 600 g/mol. The largest absolute Gasteiger partial charge is 0.233 e. The summed E-state index contributed by atoms with van der Waals surface area (Å²) in [5.74, 6) is 0.960. The highest BCUT2D eigenvalue weighted by Gasteiger charge is 2.36. The molecule has 0 saturated heterocycles. The lowest BCUT2D eigenvalue weighted by atomic mass is 10.1. The van der Waals surface area contributed by atoms with Gasteiger partial charge in [-0.3, -0.25) is 0 Å². The molecule has 0 aromatic heterocycles. The number of unbranched alkanes of at least 4 members (excludes halogenated alkanes) is 10. The van der Waals surface area contributed by atoms with Crippen LogP contribution in [-0.2, 0) is 0 Å². The lowest BCUT2D eigenvalue weighted by Crippen LogP contribution is -2.51. The fourth-order valence-electron chi connectivity index (χ4n) is 4.81. The third kappa shape index (κ3) is 10.3. The average molecular weight is 602 g/mol. The van der Waals surface area contributed by atoms with Gasteiger partial charge in [-0.05, 0) is 51.2 Å². The van der Waals surface area contributed by atoms with E-state index in [1.807, 2.05) is 5.12 Å². The number of benzene rings is 2. The van der Waals surface area contributed by atoms with E-state index < -0.39 is 0 Å². The van der Waals surface area contributed by atoms with E-state index in [1.165, 1.54) is 77.0 Å². The van der Waals surface area contributed by atoms with Crippen molar-refractivity contribution in [3.8, 4) is 0 Å². The van der Waals surface area contributed by atoms with Crippen LogP contribution >= 0.6 is 29.6 Å². The molecule has 1 atom stereocenters. The first-order valence-electron chi connectivity index (χ1n) is 14.6. The number of thiol groups is 1. The minimum atomic E-state index is 0. The summed E-state index contributed by atoms with van der Waals surface area (Å²) in [6.45, 7) is 5.21. The van der Waals surface area contributed by atoms with E-state index in [9.17, 15) is 0 Å². The Hall–Kier alpha value is -1.92. The maximum absolute atomic E-state index is 5.11. The molecule has 1 aliphatic rings. The van der Waals surface area contributed by atoms with E-state index in [0.29, 0.717) is 0 Å². The molecule has 0 amide bonds. The number of hydrogen-bond acceptors (Lipinski definition) is 5. The molecule has 3 rings (SSSR count). The van der Waals surface area contributed by atoms with Gasteiger partial charge in [-0.25, -0.2) is 5.01 Å². The number of rotatable bonds is 18. The maximum atomic E-state index is 5.11. The van der Waals surface area contributed by atoms with Gasteiger partial charge in [0.15, 0.2) is 5.84 Å². The molecule has 2 aromatic carbocycles. The molecule has 0 radical (unpaired) electrons. The molecule has 0 N–H and O–H groups in total. The molecule has 210 valence electrons. The highest BCUT2D eigenvalue weighted by molar-refractivity contribution is 8.93. The van der Waals surface area contributed by atoms with Gasteiger partial charge in [0.2, 0.25) is 0 Å². The zero-order valence-corrected chi connectivity index (χ0v) is 26.2. The molecule has 0 bridgehead atoms. The normalized spacial score (nSPS) is 14.2. The van der Waals surface area contributed by atoms with Crippen LogP contribution in [0.1, 0.15) is 103 Å². The number of para-hydroxylation sites is 1. The topological polar surface area (TPSA) is 22.1 Å². The number of nitrogens with zero attached hydrogens (tertiary/aromatic N) is 4. The molecule has 1 unspecified atom stereocenters. The molecular weight excluding hydrogens is 552 g/mol. The van der Waals surface area contributed by atoms with Gasteiger partial charge >= 0.3 is 0 Å². The Morgan fingerprint density at radius 3 is 1.89 bits per heavy atom. The number of hydrazone groups is 1. The summed E-state index contributed by atoms with van der Waals surface area (Å²) >= 11 is 5.11. The van der Waals surface area contributed by atoms with Crippen molar-refractivity contribution in [1.82, 2.24) is 10.1 Å². The van der Waals surface area contributed by atoms with Crippen molar-refractivity contribution >= 4 is 41.1 Å². The molecule has 38 heavy (non-hydrogen) atoms. The van der Waals surface area contributed by atoms with Crippen LogP contribution in [0.4, 0.5) is 5.69 Å². The van der Waals surface area contributed by atoms with Crippen molar-refractivity contribution in [2.24, 2.45) is 5.10 Å². The van der Waals surface area contributed by atoms with Crippen LogP contribution in [0, 0.1) is 0 Å². The Labute approximate surface area is 248 Å². The number of hydrogen-bond donors (Lipinski definition) is 1. The van der Waals surface area contributed by atoms with Gasteiger partial charge in [-0.1, -0.05) is 119 Å². The standard InChI is InChI=1S/C32H48N4S.BrH/c1-3-5-6-7-8-9-10-11-12-13-14-15-16-23-28-31(37)35-32(29-24-19-17-20-25-29)33-34(4-2)36(35)30-26-21-18-22-27-30;/h11-12,17-22,24-27,31,37H,3-10,13-16,23,28H2,1-2H3;1H/b12-11-;. The predicted molar refractivity (Wildman–Crippen MR) is 174 cm³/mol. The lowest BCUT2D eigenvalue weighted by Gasteiger charge is -2.38. The minimum Gasteiger partial charge on any atom is -0.233 e. The summed E-state index contributed by atoms with van der Waals surface area (Å²) in [6, 6.07) is 21.0. The van der Waals surface area contributed by atoms with Crippen LogP contribution in [0.25, 0.3) is 0 Å². The molecule has 6 heteroatoms. The Morgan fingerprint density at radius 2 is 1.29 bits per heavy atom. The zero-order chi connectivity index (χ0) is 26.1. The van der Waals surface area contributed by atoms with Gasteiger partial charge in [0.1, 0.15) is 0 Å². The molecule has 1 heterocycles. The third-order valence-corrected chi connectivity index (χ3v) is 7.39. The first-order valence-corrected chi connectivity index (χ1v) is 15.2. The lowest BCUT2D eigenvalue weighted by molar-refractivity contribution is 0.190. The van der Waals surface area contributed by atoms with Crippen LogP contribution in [-0.4, -0.2) is 27.9 Å². The Morgan fingerprint density at radius 1 is 0.737 bits per heavy atom. The van der Waals surface area contributed by atoms with E-state index in [4.69, 9.17) is 17.7 Å². The van der Waals surface area contributed by atoms with E-state index in [0.717, 1.165) is 30.1 Å². The van der Waals surface area contributed by atoms with Crippen LogP contribution < -0.4 is 5.12 Å². The third-order valence-electron chi connectivity index (χ3n) is 6.91. The quantitative estimate of drug-likeness (QED) is 0.104. The summed E-state index contributed by atoms with van der Waals surface area (Å²) in [5.41, 5.74) is 2.22. The zero-order valence-electron chi connectivity index (χ0n) is 23.5. The van der Waals surface area contributed by atoms with Gasteiger partial charge < -0.3 is 0 Å². The second-order valence-corrected chi connectivity index (χ2v) is 10.5. The van der Waals surface area contributed by atoms with Crippen LogP contribution in [0.2, 0.25) is 0 Å². The number of amidine groups is 1. The molecule has 0 spiro atoms.